The van der Waals surface area contributed by atoms with Crippen molar-refractivity contribution in [3.8, 4) is 5.75 Å². The lowest BCUT2D eigenvalue weighted by molar-refractivity contribution is -0.137. The first-order valence-corrected chi connectivity index (χ1v) is 8.12. The third kappa shape index (κ3) is 6.38. The molecule has 1 aliphatic rings. The summed E-state index contributed by atoms with van der Waals surface area (Å²) in [4.78, 5) is 4.53. The number of rotatable bonds is 7. The molecule has 25 heavy (non-hydrogen) atoms. The molecule has 0 saturated carbocycles. The third-order valence-corrected chi connectivity index (χ3v) is 3.72. The fraction of sp³-hybridized carbons (Fsp3) is 0.421. The van der Waals surface area contributed by atoms with Gasteiger partial charge in [-0.1, -0.05) is 23.8 Å². The summed E-state index contributed by atoms with van der Waals surface area (Å²) in [5.41, 5.74) is 2.80. The minimum atomic E-state index is -4.37. The Balaban J connectivity index is 1.66. The van der Waals surface area contributed by atoms with Crippen LogP contribution in [0.25, 0.3) is 0 Å². The molecule has 0 atom stereocenters. The second-order valence-corrected chi connectivity index (χ2v) is 5.85. The van der Waals surface area contributed by atoms with Crippen LogP contribution in [0.1, 0.15) is 25.8 Å². The number of hydrogen-bond donors (Lipinski definition) is 0. The van der Waals surface area contributed by atoms with Gasteiger partial charge < -0.3 is 9.47 Å². The zero-order valence-electron chi connectivity index (χ0n) is 14.4. The number of aliphatic imine (C=N–C) groups is 1. The minimum absolute atomic E-state index is 0.184. The maximum atomic E-state index is 12.6. The van der Waals surface area contributed by atoms with Gasteiger partial charge in [-0.25, -0.2) is 0 Å². The first kappa shape index (κ1) is 19.2. The molecule has 6 heteroatoms. The van der Waals surface area contributed by atoms with Crippen LogP contribution in [0, 0.1) is 0 Å². The lowest BCUT2D eigenvalue weighted by Crippen LogP contribution is -2.11. The lowest BCUT2D eigenvalue weighted by atomic mass is 9.98. The molecule has 0 amide bonds. The predicted molar refractivity (Wildman–Crippen MR) is 92.2 cm³/mol. The molecule has 1 aliphatic carbocycles. The van der Waals surface area contributed by atoms with Crippen molar-refractivity contribution in [1.29, 1.82) is 0 Å². The molecule has 0 unspecified atom stereocenters. The number of ether oxygens (including phenoxy) is 2. The van der Waals surface area contributed by atoms with E-state index in [1.165, 1.54) is 23.3 Å². The number of allylic oxidation sites excluding steroid dienone is 4. The highest BCUT2D eigenvalue weighted by molar-refractivity contribution is 6.02. The van der Waals surface area contributed by atoms with Crippen molar-refractivity contribution in [3.05, 3.63) is 53.1 Å². The lowest BCUT2D eigenvalue weighted by Gasteiger charge is -2.12. The molecule has 0 bridgehead atoms. The second kappa shape index (κ2) is 8.85. The van der Waals surface area contributed by atoms with Crippen molar-refractivity contribution in [3.63, 3.8) is 0 Å². The molecule has 0 aromatic heterocycles. The van der Waals surface area contributed by atoms with Gasteiger partial charge in [0.25, 0.3) is 0 Å². The van der Waals surface area contributed by atoms with E-state index in [-0.39, 0.29) is 12.4 Å². The van der Waals surface area contributed by atoms with Crippen molar-refractivity contribution in [2.45, 2.75) is 26.4 Å². The van der Waals surface area contributed by atoms with Gasteiger partial charge in [-0.2, -0.15) is 13.2 Å². The van der Waals surface area contributed by atoms with Gasteiger partial charge in [-0.05, 0) is 37.6 Å². The summed E-state index contributed by atoms with van der Waals surface area (Å²) < 4.78 is 48.5. The monoisotopic (exact) mass is 353 g/mol. The standard InChI is InChI=1S/C19H22F3NO2/c1-14-6-7-15(2)18(12-14)23-8-9-24-10-11-25-17-5-3-4-16(13-17)19(20,21)22/h3-7,13H,8-12H2,1-2H3. The normalized spacial score (nSPS) is 16.6. The molecule has 0 fully saturated rings. The van der Waals surface area contributed by atoms with Crippen LogP contribution in [-0.2, 0) is 10.9 Å². The Bertz CT molecular complexity index is 675. The summed E-state index contributed by atoms with van der Waals surface area (Å²) in [7, 11) is 0. The fourth-order valence-electron chi connectivity index (χ4n) is 2.33. The van der Waals surface area contributed by atoms with Gasteiger partial charge >= 0.3 is 6.18 Å². The quantitative estimate of drug-likeness (QED) is 0.657. The number of halogens is 3. The topological polar surface area (TPSA) is 30.8 Å². The average molecular weight is 353 g/mol. The Kier molecular flexibility index (Phi) is 6.82. The van der Waals surface area contributed by atoms with Gasteiger partial charge in [0.05, 0.1) is 25.3 Å². The summed E-state index contributed by atoms with van der Waals surface area (Å²) >= 11 is 0. The maximum Gasteiger partial charge on any atom is 0.416 e. The Morgan fingerprint density at radius 3 is 2.64 bits per heavy atom. The number of alkyl halides is 3. The van der Waals surface area contributed by atoms with Gasteiger partial charge in [0.15, 0.2) is 0 Å². The van der Waals surface area contributed by atoms with Crippen molar-refractivity contribution < 1.29 is 22.6 Å². The van der Waals surface area contributed by atoms with Crippen LogP contribution in [0.3, 0.4) is 0 Å². The Hall–Kier alpha value is -2.08. The highest BCUT2D eigenvalue weighted by Crippen LogP contribution is 2.31. The van der Waals surface area contributed by atoms with Gasteiger partial charge in [-0.15, -0.1) is 0 Å². The molecule has 136 valence electrons. The van der Waals surface area contributed by atoms with Crippen LogP contribution >= 0.6 is 0 Å². The Labute approximate surface area is 145 Å². The summed E-state index contributed by atoms with van der Waals surface area (Å²) in [5, 5.41) is 0. The second-order valence-electron chi connectivity index (χ2n) is 5.85. The zero-order valence-corrected chi connectivity index (χ0v) is 14.4. The Morgan fingerprint density at radius 2 is 1.88 bits per heavy atom. The van der Waals surface area contributed by atoms with Crippen LogP contribution < -0.4 is 4.74 Å². The van der Waals surface area contributed by atoms with Crippen LogP contribution in [-0.4, -0.2) is 32.1 Å². The van der Waals surface area contributed by atoms with Crippen LogP contribution in [0.5, 0.6) is 5.75 Å². The Morgan fingerprint density at radius 1 is 1.08 bits per heavy atom. The molecule has 0 N–H and O–H groups in total. The van der Waals surface area contributed by atoms with E-state index in [0.29, 0.717) is 19.8 Å². The van der Waals surface area contributed by atoms with Gasteiger partial charge in [0.2, 0.25) is 0 Å². The molecule has 0 aliphatic heterocycles. The van der Waals surface area contributed by atoms with Crippen molar-refractivity contribution >= 4 is 5.71 Å². The molecule has 1 aromatic rings. The van der Waals surface area contributed by atoms with E-state index in [2.05, 4.69) is 24.1 Å². The highest BCUT2D eigenvalue weighted by Gasteiger charge is 2.30. The average Bonchev–Trinajstić information content (AvgIpc) is 2.56. The molecule has 1 aromatic carbocycles. The molecule has 0 heterocycles. The summed E-state index contributed by atoms with van der Waals surface area (Å²) in [6.45, 7) is 5.60. The van der Waals surface area contributed by atoms with Crippen LogP contribution in [0.15, 0.2) is 52.6 Å². The van der Waals surface area contributed by atoms with Gasteiger partial charge in [0, 0.05) is 12.1 Å². The summed E-state index contributed by atoms with van der Waals surface area (Å²) in [6.07, 6.45) is 0.646. The van der Waals surface area contributed by atoms with E-state index in [1.807, 2.05) is 6.92 Å². The highest BCUT2D eigenvalue weighted by atomic mass is 19.4. The molecular formula is C19H22F3NO2. The summed E-state index contributed by atoms with van der Waals surface area (Å²) in [6, 6.07) is 4.82. The third-order valence-electron chi connectivity index (χ3n) is 3.72. The molecular weight excluding hydrogens is 331 g/mol. The minimum Gasteiger partial charge on any atom is -0.491 e. The van der Waals surface area contributed by atoms with E-state index in [0.717, 1.165) is 24.3 Å². The first-order valence-electron chi connectivity index (χ1n) is 8.12. The largest absolute Gasteiger partial charge is 0.491 e. The number of nitrogens with zero attached hydrogens (tertiary/aromatic N) is 1. The van der Waals surface area contributed by atoms with E-state index in [4.69, 9.17) is 9.47 Å². The molecule has 2 rings (SSSR count). The fourth-order valence-corrected chi connectivity index (χ4v) is 2.33. The molecule has 0 spiro atoms. The summed E-state index contributed by atoms with van der Waals surface area (Å²) in [5.74, 6) is 0.184. The van der Waals surface area contributed by atoms with Crippen molar-refractivity contribution in [2.75, 3.05) is 26.4 Å². The van der Waals surface area contributed by atoms with Crippen LogP contribution in [0.4, 0.5) is 13.2 Å². The van der Waals surface area contributed by atoms with Gasteiger partial charge in [-0.3, -0.25) is 4.99 Å². The first-order chi connectivity index (χ1) is 11.9. The number of hydrogen-bond acceptors (Lipinski definition) is 3. The van der Waals surface area contributed by atoms with E-state index >= 15 is 0 Å². The molecule has 0 saturated heterocycles. The van der Waals surface area contributed by atoms with Crippen LogP contribution in [0.2, 0.25) is 0 Å². The van der Waals surface area contributed by atoms with E-state index in [1.54, 1.807) is 0 Å². The smallest absolute Gasteiger partial charge is 0.416 e. The maximum absolute atomic E-state index is 12.6. The number of benzene rings is 1. The van der Waals surface area contributed by atoms with Crippen molar-refractivity contribution in [1.82, 2.24) is 0 Å². The molecule has 0 radical (unpaired) electrons. The van der Waals surface area contributed by atoms with E-state index in [9.17, 15) is 13.2 Å². The zero-order chi connectivity index (χ0) is 18.3. The SMILES string of the molecule is CC1=CC=C(C)C(=NCCOCCOc2cccc(C(F)(F)F)c2)C1. The predicted octanol–water partition coefficient (Wildman–Crippen LogP) is 4.84. The van der Waals surface area contributed by atoms with E-state index < -0.39 is 11.7 Å². The molecule has 3 nitrogen and oxygen atoms in total. The van der Waals surface area contributed by atoms with Gasteiger partial charge in [0.1, 0.15) is 12.4 Å². The van der Waals surface area contributed by atoms with Crippen molar-refractivity contribution in [2.24, 2.45) is 4.99 Å².